The molecule has 0 N–H and O–H groups in total. The van der Waals surface area contributed by atoms with Crippen molar-refractivity contribution in [1.82, 2.24) is 0 Å². The van der Waals surface area contributed by atoms with Gasteiger partial charge >= 0.3 is 5.97 Å². The number of ether oxygens (including phenoxy) is 2. The molecule has 0 bridgehead atoms. The molecule has 0 aromatic rings. The third kappa shape index (κ3) is 7.96. The van der Waals surface area contributed by atoms with Crippen molar-refractivity contribution in [3.63, 3.8) is 0 Å². The molecule has 1 unspecified atom stereocenters. The molecule has 0 radical (unpaired) electrons. The molecule has 0 aliphatic rings. The molecular formula is C16H26O4. The average Bonchev–Trinajstić information content (AvgIpc) is 2.36. The monoisotopic (exact) mass is 282 g/mol. The highest BCUT2D eigenvalue weighted by Crippen LogP contribution is 2.24. The second kappa shape index (κ2) is 9.55. The number of carbonyl (C=O) groups excluding carboxylic acids is 2. The van der Waals surface area contributed by atoms with Crippen LogP contribution in [0, 0.1) is 23.7 Å². The fourth-order valence-electron chi connectivity index (χ4n) is 1.73. The maximum Gasteiger partial charge on any atom is 0.306 e. The molecule has 0 aliphatic heterocycles. The lowest BCUT2D eigenvalue weighted by atomic mass is 9.80. The fraction of sp³-hybridized carbons (Fsp3) is 0.750. The first-order chi connectivity index (χ1) is 9.32. The van der Waals surface area contributed by atoms with Gasteiger partial charge in [-0.2, -0.15) is 0 Å². The van der Waals surface area contributed by atoms with E-state index in [1.54, 1.807) is 0 Å². The molecule has 0 fully saturated rings. The van der Waals surface area contributed by atoms with Crippen LogP contribution in [0.5, 0.6) is 0 Å². The van der Waals surface area contributed by atoms with Gasteiger partial charge in [0.05, 0.1) is 13.0 Å². The Hall–Kier alpha value is -1.34. The SMILES string of the molecule is C#CCC(CC(=O)OCCOCCC)C(=O)C(C)(C)C. The van der Waals surface area contributed by atoms with Gasteiger partial charge in [-0.3, -0.25) is 9.59 Å². The highest BCUT2D eigenvalue weighted by Gasteiger charge is 2.30. The summed E-state index contributed by atoms with van der Waals surface area (Å²) in [5, 5.41) is 0. The van der Waals surface area contributed by atoms with Gasteiger partial charge in [-0.05, 0) is 6.42 Å². The molecule has 0 heterocycles. The smallest absolute Gasteiger partial charge is 0.306 e. The van der Waals surface area contributed by atoms with E-state index >= 15 is 0 Å². The number of hydrogen-bond acceptors (Lipinski definition) is 4. The van der Waals surface area contributed by atoms with Gasteiger partial charge in [-0.1, -0.05) is 27.7 Å². The first-order valence-electron chi connectivity index (χ1n) is 7.04. The standard InChI is InChI=1S/C16H26O4/c1-6-8-13(15(18)16(3,4)5)12-14(17)20-11-10-19-9-7-2/h1,13H,7-12H2,2-5H3. The largest absolute Gasteiger partial charge is 0.463 e. The molecular weight excluding hydrogens is 256 g/mol. The number of esters is 1. The lowest BCUT2D eigenvalue weighted by molar-refractivity contribution is -0.149. The quantitative estimate of drug-likeness (QED) is 0.370. The first-order valence-corrected chi connectivity index (χ1v) is 7.04. The van der Waals surface area contributed by atoms with E-state index in [0.717, 1.165) is 6.42 Å². The summed E-state index contributed by atoms with van der Waals surface area (Å²) < 4.78 is 10.3. The van der Waals surface area contributed by atoms with Crippen molar-refractivity contribution < 1.29 is 19.1 Å². The van der Waals surface area contributed by atoms with Gasteiger partial charge in [-0.25, -0.2) is 0 Å². The van der Waals surface area contributed by atoms with Crippen LogP contribution in [0.25, 0.3) is 0 Å². The van der Waals surface area contributed by atoms with Crippen LogP contribution in [-0.4, -0.2) is 31.6 Å². The molecule has 114 valence electrons. The zero-order chi connectivity index (χ0) is 15.6. The van der Waals surface area contributed by atoms with E-state index in [1.165, 1.54) is 0 Å². The Labute approximate surface area is 122 Å². The van der Waals surface area contributed by atoms with Crippen LogP contribution < -0.4 is 0 Å². The molecule has 20 heavy (non-hydrogen) atoms. The van der Waals surface area contributed by atoms with E-state index in [4.69, 9.17) is 15.9 Å². The molecule has 0 saturated carbocycles. The highest BCUT2D eigenvalue weighted by atomic mass is 16.6. The fourth-order valence-corrected chi connectivity index (χ4v) is 1.73. The Kier molecular flexibility index (Phi) is 8.91. The third-order valence-electron chi connectivity index (χ3n) is 2.73. The molecule has 0 amide bonds. The molecule has 0 aromatic heterocycles. The molecule has 1 atom stereocenters. The van der Waals surface area contributed by atoms with Crippen LogP contribution >= 0.6 is 0 Å². The number of Topliss-reactive ketones (excluding diaryl/α,β-unsaturated/α-hetero) is 1. The molecule has 4 nitrogen and oxygen atoms in total. The van der Waals surface area contributed by atoms with Gasteiger partial charge in [0.15, 0.2) is 0 Å². The Morgan fingerprint density at radius 1 is 1.20 bits per heavy atom. The normalized spacial score (nSPS) is 12.6. The van der Waals surface area contributed by atoms with Gasteiger partial charge < -0.3 is 9.47 Å². The minimum atomic E-state index is -0.508. The lowest BCUT2D eigenvalue weighted by Crippen LogP contribution is -2.30. The Morgan fingerprint density at radius 3 is 2.35 bits per heavy atom. The minimum Gasteiger partial charge on any atom is -0.463 e. The average molecular weight is 282 g/mol. The number of carbonyl (C=O) groups is 2. The molecule has 0 aliphatic carbocycles. The molecule has 0 aromatic carbocycles. The maximum absolute atomic E-state index is 12.2. The summed E-state index contributed by atoms with van der Waals surface area (Å²) in [6.45, 7) is 8.72. The summed E-state index contributed by atoms with van der Waals surface area (Å²) in [6, 6.07) is 0. The summed E-state index contributed by atoms with van der Waals surface area (Å²) in [6.07, 6.45) is 6.49. The van der Waals surface area contributed by atoms with E-state index in [1.807, 2.05) is 27.7 Å². The predicted octanol–water partition coefficient (Wildman–Crippen LogP) is 2.60. The van der Waals surface area contributed by atoms with Crippen LogP contribution in [-0.2, 0) is 19.1 Å². The zero-order valence-electron chi connectivity index (χ0n) is 13.0. The van der Waals surface area contributed by atoms with Gasteiger partial charge in [-0.15, -0.1) is 12.3 Å². The van der Waals surface area contributed by atoms with Crippen LogP contribution in [0.3, 0.4) is 0 Å². The van der Waals surface area contributed by atoms with Crippen molar-refractivity contribution in [2.45, 2.75) is 47.0 Å². The van der Waals surface area contributed by atoms with E-state index in [-0.39, 0.29) is 25.2 Å². The van der Waals surface area contributed by atoms with Crippen LogP contribution in [0.2, 0.25) is 0 Å². The summed E-state index contributed by atoms with van der Waals surface area (Å²) in [7, 11) is 0. The van der Waals surface area contributed by atoms with Crippen molar-refractivity contribution in [2.75, 3.05) is 19.8 Å². The van der Waals surface area contributed by atoms with E-state index in [0.29, 0.717) is 13.2 Å². The minimum absolute atomic E-state index is 0.00497. The second-order valence-corrected chi connectivity index (χ2v) is 5.76. The van der Waals surface area contributed by atoms with E-state index < -0.39 is 17.3 Å². The Morgan fingerprint density at radius 2 is 1.85 bits per heavy atom. The second-order valence-electron chi connectivity index (χ2n) is 5.76. The molecule has 0 rings (SSSR count). The van der Waals surface area contributed by atoms with Crippen LogP contribution in [0.4, 0.5) is 0 Å². The highest BCUT2D eigenvalue weighted by molar-refractivity contribution is 5.89. The first kappa shape index (κ1) is 18.7. The van der Waals surface area contributed by atoms with Crippen molar-refractivity contribution in [3.05, 3.63) is 0 Å². The van der Waals surface area contributed by atoms with Gasteiger partial charge in [0, 0.05) is 24.4 Å². The third-order valence-corrected chi connectivity index (χ3v) is 2.73. The lowest BCUT2D eigenvalue weighted by Gasteiger charge is -2.22. The van der Waals surface area contributed by atoms with E-state index in [2.05, 4.69) is 5.92 Å². The maximum atomic E-state index is 12.2. The van der Waals surface area contributed by atoms with Crippen LogP contribution in [0.1, 0.15) is 47.0 Å². The predicted molar refractivity (Wildman–Crippen MR) is 78.1 cm³/mol. The van der Waals surface area contributed by atoms with Crippen molar-refractivity contribution >= 4 is 11.8 Å². The topological polar surface area (TPSA) is 52.6 Å². The summed E-state index contributed by atoms with van der Waals surface area (Å²) in [5.74, 6) is 1.58. The van der Waals surface area contributed by atoms with Crippen LogP contribution in [0.15, 0.2) is 0 Å². The molecule has 0 saturated heterocycles. The van der Waals surface area contributed by atoms with Crippen molar-refractivity contribution in [3.8, 4) is 12.3 Å². The van der Waals surface area contributed by atoms with Gasteiger partial charge in [0.25, 0.3) is 0 Å². The summed E-state index contributed by atoms with van der Waals surface area (Å²) in [5.41, 5.74) is -0.508. The van der Waals surface area contributed by atoms with Crippen molar-refractivity contribution in [2.24, 2.45) is 11.3 Å². The number of terminal acetylenes is 1. The molecule has 4 heteroatoms. The summed E-state index contributed by atoms with van der Waals surface area (Å²) >= 11 is 0. The Balaban J connectivity index is 4.22. The number of hydrogen-bond donors (Lipinski definition) is 0. The number of rotatable bonds is 9. The molecule has 0 spiro atoms. The Bertz CT molecular complexity index is 346. The van der Waals surface area contributed by atoms with Crippen molar-refractivity contribution in [1.29, 1.82) is 0 Å². The van der Waals surface area contributed by atoms with E-state index in [9.17, 15) is 9.59 Å². The van der Waals surface area contributed by atoms with Gasteiger partial charge in [0.2, 0.25) is 0 Å². The summed E-state index contributed by atoms with van der Waals surface area (Å²) in [4.78, 5) is 23.9. The van der Waals surface area contributed by atoms with Gasteiger partial charge in [0.1, 0.15) is 12.4 Å². The number of ketones is 1. The zero-order valence-corrected chi connectivity index (χ0v) is 13.0.